The smallest absolute Gasteiger partial charge is 0.0623 e. The van der Waals surface area contributed by atoms with Gasteiger partial charge in [-0.3, -0.25) is 9.80 Å². The Morgan fingerprint density at radius 1 is 1.20 bits per heavy atom. The minimum Gasteiger partial charge on any atom is -0.287 e. The van der Waals surface area contributed by atoms with E-state index in [4.69, 9.17) is 0 Å². The number of rotatable bonds is 3. The molecule has 2 atom stereocenters. The van der Waals surface area contributed by atoms with Gasteiger partial charge < -0.3 is 0 Å². The Balaban J connectivity index is 2.69. The lowest BCUT2D eigenvalue weighted by Gasteiger charge is -2.35. The van der Waals surface area contributed by atoms with Gasteiger partial charge in [-0.1, -0.05) is 34.6 Å². The molecule has 15 heavy (non-hydrogen) atoms. The molecule has 2 unspecified atom stereocenters. The normalized spacial score (nSPS) is 30.0. The fraction of sp³-hybridized carbons (Fsp3) is 1.00. The summed E-state index contributed by atoms with van der Waals surface area (Å²) in [5.41, 5.74) is 0.408. The Labute approximate surface area is 95.6 Å². The Morgan fingerprint density at radius 3 is 2.20 bits per heavy atom. The van der Waals surface area contributed by atoms with Crippen LogP contribution in [-0.2, 0) is 0 Å². The highest BCUT2D eigenvalue weighted by Gasteiger charge is 2.36. The first-order valence-electron chi connectivity index (χ1n) is 6.38. The molecule has 1 saturated heterocycles. The van der Waals surface area contributed by atoms with Crippen LogP contribution in [0.3, 0.4) is 0 Å². The third-order valence-corrected chi connectivity index (χ3v) is 3.30. The zero-order valence-electron chi connectivity index (χ0n) is 11.4. The number of hydrogen-bond acceptors (Lipinski definition) is 2. The standard InChI is InChI=1S/C13H28N2/c1-7-12-14(8-2)9-11(3)15(12)10-13(4,5)6/h11-12H,7-10H2,1-6H3. The Kier molecular flexibility index (Phi) is 4.19. The average molecular weight is 212 g/mol. The van der Waals surface area contributed by atoms with E-state index in [0.717, 1.165) is 0 Å². The number of hydrogen-bond donors (Lipinski definition) is 0. The summed E-state index contributed by atoms with van der Waals surface area (Å²) in [6, 6.07) is 0.717. The van der Waals surface area contributed by atoms with Crippen molar-refractivity contribution in [1.29, 1.82) is 0 Å². The highest BCUT2D eigenvalue weighted by molar-refractivity contribution is 4.88. The molecule has 0 aliphatic carbocycles. The van der Waals surface area contributed by atoms with E-state index in [-0.39, 0.29) is 0 Å². The van der Waals surface area contributed by atoms with Crippen LogP contribution in [0.25, 0.3) is 0 Å². The summed E-state index contributed by atoms with van der Waals surface area (Å²) < 4.78 is 0. The maximum absolute atomic E-state index is 2.68. The van der Waals surface area contributed by atoms with E-state index in [1.807, 2.05) is 0 Å². The molecule has 90 valence electrons. The predicted octanol–water partition coefficient (Wildman–Crippen LogP) is 2.79. The van der Waals surface area contributed by atoms with Gasteiger partial charge in [0.05, 0.1) is 6.17 Å². The van der Waals surface area contributed by atoms with Crippen LogP contribution in [0.5, 0.6) is 0 Å². The van der Waals surface area contributed by atoms with Crippen LogP contribution in [0, 0.1) is 5.41 Å². The molecule has 1 aliphatic heterocycles. The molecule has 1 aliphatic rings. The zero-order chi connectivity index (χ0) is 11.6. The maximum atomic E-state index is 2.68. The van der Waals surface area contributed by atoms with Gasteiger partial charge in [0.15, 0.2) is 0 Å². The summed E-state index contributed by atoms with van der Waals surface area (Å²) in [5.74, 6) is 0. The van der Waals surface area contributed by atoms with E-state index in [1.54, 1.807) is 0 Å². The van der Waals surface area contributed by atoms with E-state index in [2.05, 4.69) is 51.3 Å². The van der Waals surface area contributed by atoms with E-state index in [9.17, 15) is 0 Å². The van der Waals surface area contributed by atoms with Crippen molar-refractivity contribution >= 4 is 0 Å². The number of nitrogens with zero attached hydrogens (tertiary/aromatic N) is 2. The lowest BCUT2D eigenvalue weighted by Crippen LogP contribution is -2.43. The minimum absolute atomic E-state index is 0.408. The van der Waals surface area contributed by atoms with E-state index in [1.165, 1.54) is 26.1 Å². The van der Waals surface area contributed by atoms with Gasteiger partial charge >= 0.3 is 0 Å². The van der Waals surface area contributed by atoms with Crippen molar-refractivity contribution in [3.8, 4) is 0 Å². The molecule has 2 nitrogen and oxygen atoms in total. The van der Waals surface area contributed by atoms with Gasteiger partial charge in [-0.2, -0.15) is 0 Å². The van der Waals surface area contributed by atoms with Crippen molar-refractivity contribution in [2.24, 2.45) is 5.41 Å². The first kappa shape index (κ1) is 13.0. The third-order valence-electron chi connectivity index (χ3n) is 3.30. The Hall–Kier alpha value is -0.0800. The van der Waals surface area contributed by atoms with E-state index >= 15 is 0 Å². The van der Waals surface area contributed by atoms with Crippen LogP contribution in [0.4, 0.5) is 0 Å². The molecule has 0 aromatic rings. The van der Waals surface area contributed by atoms with Gasteiger partial charge in [-0.15, -0.1) is 0 Å². The van der Waals surface area contributed by atoms with Crippen molar-refractivity contribution in [3.05, 3.63) is 0 Å². The molecule has 0 spiro atoms. The van der Waals surface area contributed by atoms with Gasteiger partial charge in [-0.05, 0) is 25.3 Å². The first-order chi connectivity index (χ1) is 6.89. The van der Waals surface area contributed by atoms with Gasteiger partial charge in [0.2, 0.25) is 0 Å². The van der Waals surface area contributed by atoms with Crippen molar-refractivity contribution < 1.29 is 0 Å². The van der Waals surface area contributed by atoms with Crippen molar-refractivity contribution in [2.75, 3.05) is 19.6 Å². The lowest BCUT2D eigenvalue weighted by molar-refractivity contribution is 0.0882. The average Bonchev–Trinajstić information content (AvgIpc) is 2.40. The molecule has 0 aromatic heterocycles. The highest BCUT2D eigenvalue weighted by atomic mass is 15.4. The molecule has 1 heterocycles. The predicted molar refractivity (Wildman–Crippen MR) is 66.9 cm³/mol. The molecule has 0 bridgehead atoms. The molecule has 0 radical (unpaired) electrons. The van der Waals surface area contributed by atoms with Crippen molar-refractivity contribution in [2.45, 2.75) is 60.2 Å². The van der Waals surface area contributed by atoms with E-state index in [0.29, 0.717) is 17.6 Å². The second kappa shape index (κ2) is 4.84. The minimum atomic E-state index is 0.408. The zero-order valence-corrected chi connectivity index (χ0v) is 11.4. The first-order valence-corrected chi connectivity index (χ1v) is 6.38. The summed E-state index contributed by atoms with van der Waals surface area (Å²) in [5, 5.41) is 0. The molecule has 2 heteroatoms. The summed E-state index contributed by atoms with van der Waals surface area (Å²) in [7, 11) is 0. The quantitative estimate of drug-likeness (QED) is 0.710. The van der Waals surface area contributed by atoms with Crippen LogP contribution in [0.1, 0.15) is 48.0 Å². The second-order valence-electron chi connectivity index (χ2n) is 6.06. The molecule has 0 saturated carbocycles. The molecular weight excluding hydrogens is 184 g/mol. The summed E-state index contributed by atoms with van der Waals surface area (Å²) in [6.45, 7) is 17.6. The fourth-order valence-corrected chi connectivity index (χ4v) is 2.71. The third kappa shape index (κ3) is 3.18. The Bertz CT molecular complexity index is 195. The fourth-order valence-electron chi connectivity index (χ4n) is 2.71. The largest absolute Gasteiger partial charge is 0.287 e. The van der Waals surface area contributed by atoms with Crippen LogP contribution in [0.15, 0.2) is 0 Å². The number of likely N-dealkylation sites (N-methyl/N-ethyl adjacent to an activating group) is 1. The van der Waals surface area contributed by atoms with Gasteiger partial charge in [-0.25, -0.2) is 0 Å². The van der Waals surface area contributed by atoms with Crippen LogP contribution < -0.4 is 0 Å². The molecule has 1 rings (SSSR count). The molecular formula is C13H28N2. The monoisotopic (exact) mass is 212 g/mol. The molecule has 0 aromatic carbocycles. The topological polar surface area (TPSA) is 6.48 Å². The Morgan fingerprint density at radius 2 is 1.80 bits per heavy atom. The molecule has 1 fully saturated rings. The van der Waals surface area contributed by atoms with Crippen molar-refractivity contribution in [1.82, 2.24) is 9.80 Å². The summed E-state index contributed by atoms with van der Waals surface area (Å²) >= 11 is 0. The van der Waals surface area contributed by atoms with Gasteiger partial charge in [0, 0.05) is 19.1 Å². The van der Waals surface area contributed by atoms with E-state index < -0.39 is 0 Å². The highest BCUT2D eigenvalue weighted by Crippen LogP contribution is 2.27. The van der Waals surface area contributed by atoms with Crippen LogP contribution >= 0.6 is 0 Å². The van der Waals surface area contributed by atoms with Crippen molar-refractivity contribution in [3.63, 3.8) is 0 Å². The van der Waals surface area contributed by atoms with Crippen LogP contribution in [-0.4, -0.2) is 41.6 Å². The SMILES string of the molecule is CCC1N(CC)CC(C)N1CC(C)(C)C. The summed E-state index contributed by atoms with van der Waals surface area (Å²) in [4.78, 5) is 5.29. The van der Waals surface area contributed by atoms with Gasteiger partial charge in [0.25, 0.3) is 0 Å². The molecule has 0 N–H and O–H groups in total. The van der Waals surface area contributed by atoms with Gasteiger partial charge in [0.1, 0.15) is 0 Å². The second-order valence-corrected chi connectivity index (χ2v) is 6.06. The maximum Gasteiger partial charge on any atom is 0.0623 e. The lowest BCUT2D eigenvalue weighted by atomic mass is 9.95. The molecule has 0 amide bonds. The summed E-state index contributed by atoms with van der Waals surface area (Å²) in [6.07, 6.45) is 1.91. The van der Waals surface area contributed by atoms with Crippen LogP contribution in [0.2, 0.25) is 0 Å².